The predicted molar refractivity (Wildman–Crippen MR) is 67.6 cm³/mol. The molecule has 0 saturated heterocycles. The molecule has 4 nitrogen and oxygen atoms in total. The van der Waals surface area contributed by atoms with Crippen molar-refractivity contribution in [2.45, 2.75) is 12.8 Å². The molecule has 1 fully saturated rings. The Labute approximate surface area is 105 Å². The predicted octanol–water partition coefficient (Wildman–Crippen LogP) is 2.74. The van der Waals surface area contributed by atoms with Crippen molar-refractivity contribution in [1.29, 1.82) is 0 Å². The van der Waals surface area contributed by atoms with Gasteiger partial charge < -0.3 is 5.32 Å². The first-order valence-corrected chi connectivity index (χ1v) is 6.10. The van der Waals surface area contributed by atoms with Crippen LogP contribution < -0.4 is 5.32 Å². The van der Waals surface area contributed by atoms with Gasteiger partial charge in [0.2, 0.25) is 0 Å². The minimum Gasteiger partial charge on any atom is -0.383 e. The average Bonchev–Trinajstić information content (AvgIpc) is 3.01. The van der Waals surface area contributed by atoms with Gasteiger partial charge in [-0.3, -0.25) is 0 Å². The van der Waals surface area contributed by atoms with Crippen molar-refractivity contribution in [1.82, 2.24) is 14.8 Å². The van der Waals surface area contributed by atoms with E-state index >= 15 is 0 Å². The van der Waals surface area contributed by atoms with Crippen molar-refractivity contribution in [2.75, 3.05) is 11.9 Å². The Hall–Kier alpha value is -1.55. The molecule has 0 atom stereocenters. The fourth-order valence-electron chi connectivity index (χ4n) is 1.79. The monoisotopic (exact) mass is 248 g/mol. The summed E-state index contributed by atoms with van der Waals surface area (Å²) in [6.45, 7) is 1.00. The van der Waals surface area contributed by atoms with E-state index in [9.17, 15) is 0 Å². The maximum atomic E-state index is 6.22. The lowest BCUT2D eigenvalue weighted by molar-refractivity contribution is 0.861. The first kappa shape index (κ1) is 10.6. The molecule has 88 valence electrons. The molecule has 3 rings (SSSR count). The second kappa shape index (κ2) is 4.37. The number of halogens is 1. The van der Waals surface area contributed by atoms with Gasteiger partial charge in [0.15, 0.2) is 0 Å². The largest absolute Gasteiger partial charge is 0.383 e. The highest BCUT2D eigenvalue weighted by atomic mass is 35.5. The third-order valence-corrected chi connectivity index (χ3v) is 3.22. The Morgan fingerprint density at radius 1 is 1.41 bits per heavy atom. The van der Waals surface area contributed by atoms with E-state index in [0.717, 1.165) is 23.8 Å². The molecule has 0 amide bonds. The third-order valence-electron chi connectivity index (χ3n) is 2.91. The molecule has 0 spiro atoms. The summed E-state index contributed by atoms with van der Waals surface area (Å²) in [5, 5.41) is 8.24. The van der Waals surface area contributed by atoms with Crippen molar-refractivity contribution in [3.8, 4) is 5.69 Å². The topological polar surface area (TPSA) is 42.7 Å². The Balaban J connectivity index is 1.92. The maximum absolute atomic E-state index is 6.22. The molecule has 0 radical (unpaired) electrons. The summed E-state index contributed by atoms with van der Waals surface area (Å²) in [5.41, 5.74) is 1.88. The van der Waals surface area contributed by atoms with Crippen LogP contribution in [0.15, 0.2) is 30.9 Å². The van der Waals surface area contributed by atoms with Crippen molar-refractivity contribution in [3.05, 3.63) is 35.9 Å². The molecule has 17 heavy (non-hydrogen) atoms. The fraction of sp³-hybridized carbons (Fsp3) is 0.333. The molecule has 1 aliphatic rings. The van der Waals surface area contributed by atoms with Crippen LogP contribution in [-0.2, 0) is 0 Å². The van der Waals surface area contributed by atoms with Crippen LogP contribution in [0, 0.1) is 5.92 Å². The van der Waals surface area contributed by atoms with Crippen molar-refractivity contribution in [2.24, 2.45) is 5.92 Å². The number of rotatable bonds is 4. The Morgan fingerprint density at radius 2 is 2.29 bits per heavy atom. The van der Waals surface area contributed by atoms with E-state index in [1.54, 1.807) is 11.0 Å². The quantitative estimate of drug-likeness (QED) is 0.905. The zero-order valence-corrected chi connectivity index (χ0v) is 10.1. The van der Waals surface area contributed by atoms with Crippen LogP contribution in [-0.4, -0.2) is 21.3 Å². The Bertz CT molecular complexity index is 505. The molecule has 1 heterocycles. The first-order valence-electron chi connectivity index (χ1n) is 5.72. The second-order valence-electron chi connectivity index (χ2n) is 4.30. The van der Waals surface area contributed by atoms with Crippen LogP contribution in [0.4, 0.5) is 5.69 Å². The van der Waals surface area contributed by atoms with Gasteiger partial charge in [-0.05, 0) is 30.9 Å². The van der Waals surface area contributed by atoms with E-state index < -0.39 is 0 Å². The van der Waals surface area contributed by atoms with Gasteiger partial charge in [-0.2, -0.15) is 5.10 Å². The van der Waals surface area contributed by atoms with E-state index in [0.29, 0.717) is 5.02 Å². The summed E-state index contributed by atoms with van der Waals surface area (Å²) in [5.74, 6) is 0.817. The Morgan fingerprint density at radius 3 is 3.00 bits per heavy atom. The lowest BCUT2D eigenvalue weighted by Crippen LogP contribution is -2.07. The number of hydrogen-bond acceptors (Lipinski definition) is 3. The van der Waals surface area contributed by atoms with Crippen LogP contribution in [0.1, 0.15) is 12.8 Å². The van der Waals surface area contributed by atoms with Crippen LogP contribution in [0.25, 0.3) is 5.69 Å². The summed E-state index contributed by atoms with van der Waals surface area (Å²) in [4.78, 5) is 3.95. The number of nitrogens with zero attached hydrogens (tertiary/aromatic N) is 3. The summed E-state index contributed by atoms with van der Waals surface area (Å²) in [6.07, 6.45) is 5.82. The molecule has 5 heteroatoms. The molecule has 1 aromatic heterocycles. The summed E-state index contributed by atoms with van der Waals surface area (Å²) >= 11 is 6.22. The van der Waals surface area contributed by atoms with Gasteiger partial charge in [0, 0.05) is 6.54 Å². The van der Waals surface area contributed by atoms with Crippen LogP contribution in [0.2, 0.25) is 5.02 Å². The maximum Gasteiger partial charge on any atom is 0.138 e. The average molecular weight is 249 g/mol. The standard InChI is InChI=1S/C12H13ClN4/c13-10-2-1-3-11(15-6-9-4-5-9)12(10)17-8-14-7-16-17/h1-3,7-9,15H,4-6H2. The molecule has 0 bridgehead atoms. The second-order valence-corrected chi connectivity index (χ2v) is 4.71. The minimum absolute atomic E-state index is 0.677. The summed E-state index contributed by atoms with van der Waals surface area (Å²) < 4.78 is 1.69. The zero-order chi connectivity index (χ0) is 11.7. The Kier molecular flexibility index (Phi) is 2.73. The van der Waals surface area contributed by atoms with Crippen molar-refractivity contribution >= 4 is 17.3 Å². The van der Waals surface area contributed by atoms with Gasteiger partial charge in [-0.15, -0.1) is 0 Å². The van der Waals surface area contributed by atoms with E-state index in [2.05, 4.69) is 15.4 Å². The molecule has 0 aliphatic heterocycles. The number of benzene rings is 1. The van der Waals surface area contributed by atoms with E-state index in [4.69, 9.17) is 11.6 Å². The molecule has 1 aliphatic carbocycles. The molecular weight excluding hydrogens is 236 g/mol. The van der Waals surface area contributed by atoms with Crippen molar-refractivity contribution in [3.63, 3.8) is 0 Å². The number of nitrogens with one attached hydrogen (secondary N) is 1. The lowest BCUT2D eigenvalue weighted by atomic mass is 10.2. The molecule has 0 unspecified atom stereocenters. The molecule has 1 aromatic carbocycles. The number of hydrogen-bond donors (Lipinski definition) is 1. The van der Waals surface area contributed by atoms with Gasteiger partial charge in [0.1, 0.15) is 18.3 Å². The lowest BCUT2D eigenvalue weighted by Gasteiger charge is -2.12. The van der Waals surface area contributed by atoms with E-state index in [1.165, 1.54) is 19.2 Å². The van der Waals surface area contributed by atoms with Gasteiger partial charge >= 0.3 is 0 Å². The summed E-state index contributed by atoms with van der Waals surface area (Å²) in [6, 6.07) is 5.82. The first-order chi connectivity index (χ1) is 8.34. The third kappa shape index (κ3) is 2.26. The number of aromatic nitrogens is 3. The zero-order valence-electron chi connectivity index (χ0n) is 9.31. The number of para-hydroxylation sites is 1. The normalized spacial score (nSPS) is 14.9. The van der Waals surface area contributed by atoms with E-state index in [-0.39, 0.29) is 0 Å². The van der Waals surface area contributed by atoms with Gasteiger partial charge in [0.25, 0.3) is 0 Å². The molecule has 1 saturated carbocycles. The van der Waals surface area contributed by atoms with Crippen LogP contribution in [0.5, 0.6) is 0 Å². The van der Waals surface area contributed by atoms with Gasteiger partial charge in [-0.25, -0.2) is 9.67 Å². The molecular formula is C12H13ClN4. The van der Waals surface area contributed by atoms with E-state index in [1.807, 2.05) is 18.2 Å². The molecule has 2 aromatic rings. The molecule has 1 N–H and O–H groups in total. The smallest absolute Gasteiger partial charge is 0.138 e. The van der Waals surface area contributed by atoms with Crippen LogP contribution in [0.3, 0.4) is 0 Å². The SMILES string of the molecule is Clc1cccc(NCC2CC2)c1-n1cncn1. The highest BCUT2D eigenvalue weighted by molar-refractivity contribution is 6.33. The summed E-state index contributed by atoms with van der Waals surface area (Å²) in [7, 11) is 0. The van der Waals surface area contributed by atoms with Crippen molar-refractivity contribution < 1.29 is 0 Å². The van der Waals surface area contributed by atoms with Crippen LogP contribution >= 0.6 is 11.6 Å². The number of anilines is 1. The fourth-order valence-corrected chi connectivity index (χ4v) is 2.05. The minimum atomic E-state index is 0.677. The van der Waals surface area contributed by atoms with Gasteiger partial charge in [-0.1, -0.05) is 17.7 Å². The highest BCUT2D eigenvalue weighted by Crippen LogP contribution is 2.32. The highest BCUT2D eigenvalue weighted by Gasteiger charge is 2.21. The van der Waals surface area contributed by atoms with Gasteiger partial charge in [0.05, 0.1) is 10.7 Å².